The Morgan fingerprint density at radius 3 is 2.23 bits per heavy atom. The van der Waals surface area contributed by atoms with Crippen molar-refractivity contribution in [1.29, 1.82) is 10.7 Å². The van der Waals surface area contributed by atoms with Crippen LogP contribution in [0.25, 0.3) is 16.5 Å². The van der Waals surface area contributed by atoms with Crippen molar-refractivity contribution in [1.82, 2.24) is 4.57 Å². The molecular formula is C35H48N6O2. The summed E-state index contributed by atoms with van der Waals surface area (Å²) in [5.41, 5.74) is 7.69. The predicted octanol–water partition coefficient (Wildman–Crippen LogP) is 6.88. The third-order valence-corrected chi connectivity index (χ3v) is 7.73. The second-order valence-electron chi connectivity index (χ2n) is 10.8. The largest absolute Gasteiger partial charge is 0.378 e. The topological polar surface area (TPSA) is 88.6 Å². The minimum absolute atomic E-state index is 0.00104. The molecule has 0 radical (unpaired) electrons. The number of pyridine rings is 1. The third kappa shape index (κ3) is 6.78. The minimum atomic E-state index is -0.00104. The van der Waals surface area contributed by atoms with E-state index < -0.39 is 0 Å². The van der Waals surface area contributed by atoms with Gasteiger partial charge in [0, 0.05) is 68.7 Å². The third-order valence-electron chi connectivity index (χ3n) is 7.73. The van der Waals surface area contributed by atoms with Gasteiger partial charge < -0.3 is 29.4 Å². The average molecular weight is 585 g/mol. The van der Waals surface area contributed by atoms with Crippen LogP contribution in [0, 0.1) is 29.6 Å². The number of rotatable bonds is 5. The Morgan fingerprint density at radius 2 is 1.63 bits per heavy atom. The molecular weight excluding hydrogens is 536 g/mol. The van der Waals surface area contributed by atoms with Crippen LogP contribution in [-0.2, 0) is 11.8 Å². The number of allylic oxidation sites excluding steroid dienone is 2. The summed E-state index contributed by atoms with van der Waals surface area (Å²) < 4.78 is 7.34. The number of ether oxygens (including phenoxy) is 1. The Balaban J connectivity index is 0.00000121. The summed E-state index contributed by atoms with van der Waals surface area (Å²) >= 11 is 0. The first-order chi connectivity index (χ1) is 20.7. The molecule has 0 saturated carbocycles. The number of morpholine rings is 1. The zero-order valence-electron chi connectivity index (χ0n) is 27.4. The van der Waals surface area contributed by atoms with E-state index >= 15 is 0 Å². The first-order valence-corrected chi connectivity index (χ1v) is 15.5. The molecule has 1 fully saturated rings. The number of hydrogen-bond acceptors (Lipinski definition) is 7. The summed E-state index contributed by atoms with van der Waals surface area (Å²) in [6, 6.07) is 12.7. The molecule has 1 N–H and O–H groups in total. The second-order valence-corrected chi connectivity index (χ2v) is 10.8. The van der Waals surface area contributed by atoms with Gasteiger partial charge in [0.05, 0.1) is 47.4 Å². The molecule has 3 aromatic rings. The number of nitriles is 1. The fraction of sp³-hybridized carbons (Fsp3) is 0.457. The van der Waals surface area contributed by atoms with Crippen LogP contribution in [0.2, 0.25) is 0 Å². The molecule has 1 aromatic heterocycles. The Hall–Kier alpha value is -4.09. The molecule has 5 rings (SSSR count). The van der Waals surface area contributed by atoms with E-state index in [0.717, 1.165) is 71.0 Å². The highest BCUT2D eigenvalue weighted by atomic mass is 16.5. The molecule has 1 saturated heterocycles. The van der Waals surface area contributed by atoms with Crippen molar-refractivity contribution >= 4 is 45.4 Å². The van der Waals surface area contributed by atoms with Crippen LogP contribution in [0.3, 0.4) is 0 Å². The lowest BCUT2D eigenvalue weighted by Gasteiger charge is -2.39. The van der Waals surface area contributed by atoms with E-state index in [1.807, 2.05) is 65.9 Å². The summed E-state index contributed by atoms with van der Waals surface area (Å²) in [6.07, 6.45) is 3.37. The van der Waals surface area contributed by atoms with Crippen LogP contribution in [0.1, 0.15) is 58.2 Å². The number of nitrogens with one attached hydrogen (secondary N) is 1. The van der Waals surface area contributed by atoms with Gasteiger partial charge in [-0.2, -0.15) is 5.26 Å². The molecule has 0 spiro atoms. The maximum absolute atomic E-state index is 12.9. The lowest BCUT2D eigenvalue weighted by atomic mass is 9.95. The maximum Gasteiger partial charge on any atom is 0.253 e. The number of hydrogen-bond donors (Lipinski definition) is 1. The number of aryl methyl sites for hydroxylation is 2. The van der Waals surface area contributed by atoms with Crippen molar-refractivity contribution in [3.63, 3.8) is 0 Å². The molecule has 3 heterocycles. The van der Waals surface area contributed by atoms with Crippen molar-refractivity contribution < 1.29 is 4.74 Å². The number of benzene rings is 2. The second kappa shape index (κ2) is 14.9. The van der Waals surface area contributed by atoms with Crippen LogP contribution < -0.4 is 20.3 Å². The highest BCUT2D eigenvalue weighted by Gasteiger charge is 2.27. The Labute approximate surface area is 257 Å². The van der Waals surface area contributed by atoms with E-state index in [-0.39, 0.29) is 11.5 Å². The van der Waals surface area contributed by atoms with Crippen molar-refractivity contribution in [3.05, 3.63) is 63.5 Å². The normalized spacial score (nSPS) is 14.8. The molecule has 2 aromatic carbocycles. The Morgan fingerprint density at radius 1 is 0.953 bits per heavy atom. The van der Waals surface area contributed by atoms with E-state index in [4.69, 9.17) is 10.1 Å². The summed E-state index contributed by atoms with van der Waals surface area (Å²) in [6.45, 7) is 18.5. The monoisotopic (exact) mass is 584 g/mol. The number of anilines is 4. The van der Waals surface area contributed by atoms with Crippen LogP contribution >= 0.6 is 0 Å². The molecule has 230 valence electrons. The predicted molar refractivity (Wildman–Crippen MR) is 183 cm³/mol. The first-order valence-electron chi connectivity index (χ1n) is 15.5. The molecule has 2 aliphatic heterocycles. The lowest BCUT2D eigenvalue weighted by Crippen LogP contribution is -2.38. The lowest BCUT2D eigenvalue weighted by molar-refractivity contribution is 0.122. The molecule has 43 heavy (non-hydrogen) atoms. The fourth-order valence-corrected chi connectivity index (χ4v) is 5.66. The number of nitrogens with zero attached hydrogens (tertiary/aromatic N) is 5. The number of likely N-dealkylation sites (N-methyl/N-ethyl adjacent to an activating group) is 1. The molecule has 0 aliphatic carbocycles. The van der Waals surface area contributed by atoms with Crippen molar-refractivity contribution in [2.45, 2.75) is 48.5 Å². The number of aromatic nitrogens is 1. The highest BCUT2D eigenvalue weighted by molar-refractivity contribution is 6.10. The molecule has 2 aliphatic rings. The SMILES string of the molecule is CC.CC.Cc1cc2c(N3CCN(C)c4cc(/C(C=N)=C/C(C)C)c(C#N)cc43)cc(N3CCOCC3)cc2n(C)c1=O. The van der Waals surface area contributed by atoms with Gasteiger partial charge in [-0.1, -0.05) is 47.6 Å². The summed E-state index contributed by atoms with van der Waals surface area (Å²) in [4.78, 5) is 19.7. The van der Waals surface area contributed by atoms with E-state index in [2.05, 4.69) is 53.8 Å². The van der Waals surface area contributed by atoms with Crippen LogP contribution in [-0.4, -0.2) is 57.2 Å². The van der Waals surface area contributed by atoms with Crippen molar-refractivity contribution in [2.24, 2.45) is 13.0 Å². The van der Waals surface area contributed by atoms with E-state index in [0.29, 0.717) is 24.3 Å². The van der Waals surface area contributed by atoms with Crippen LogP contribution in [0.4, 0.5) is 22.7 Å². The molecule has 8 heteroatoms. The van der Waals surface area contributed by atoms with E-state index in [1.165, 1.54) is 6.21 Å². The van der Waals surface area contributed by atoms with Gasteiger partial charge in [0.2, 0.25) is 0 Å². The first kappa shape index (κ1) is 33.4. The van der Waals surface area contributed by atoms with Gasteiger partial charge in [-0.15, -0.1) is 0 Å². The van der Waals surface area contributed by atoms with Gasteiger partial charge in [0.25, 0.3) is 5.56 Å². The standard InChI is InChI=1S/C31H36N6O2.2C2H6/c1-20(2)12-22(18-32)25-17-29-30(14-23(25)19-33)37(7-6-34(29)4)28-16-24(36-8-10-39-11-9-36)15-27-26(28)13-21(3)31(38)35(27)5;2*1-2/h12-18,20,32H,6-11H2,1-5H3;2*1-2H3/b22-12+,32-18?;;. The molecule has 0 atom stereocenters. The fourth-order valence-electron chi connectivity index (χ4n) is 5.66. The van der Waals surface area contributed by atoms with E-state index in [9.17, 15) is 10.1 Å². The smallest absolute Gasteiger partial charge is 0.253 e. The Kier molecular flexibility index (Phi) is 11.6. The van der Waals surface area contributed by atoms with Gasteiger partial charge in [-0.25, -0.2) is 0 Å². The van der Waals surface area contributed by atoms with Crippen LogP contribution in [0.15, 0.2) is 41.2 Å². The molecule has 0 bridgehead atoms. The zero-order valence-corrected chi connectivity index (χ0v) is 27.4. The van der Waals surface area contributed by atoms with Gasteiger partial charge >= 0.3 is 0 Å². The summed E-state index contributed by atoms with van der Waals surface area (Å²) in [5.74, 6) is 0.252. The quantitative estimate of drug-likeness (QED) is 0.329. The molecule has 8 nitrogen and oxygen atoms in total. The zero-order chi connectivity index (χ0) is 31.8. The molecule has 0 unspecified atom stereocenters. The van der Waals surface area contributed by atoms with Crippen molar-refractivity contribution in [3.8, 4) is 6.07 Å². The van der Waals surface area contributed by atoms with Crippen LogP contribution in [0.5, 0.6) is 0 Å². The molecule has 0 amide bonds. The maximum atomic E-state index is 12.9. The van der Waals surface area contributed by atoms with Gasteiger partial charge in [-0.3, -0.25) is 4.79 Å². The van der Waals surface area contributed by atoms with Crippen molar-refractivity contribution in [2.75, 3.05) is 61.1 Å². The van der Waals surface area contributed by atoms with Gasteiger partial charge in [0.1, 0.15) is 0 Å². The average Bonchev–Trinajstić information content (AvgIpc) is 3.04. The number of fused-ring (bicyclic) bond motifs is 2. The van der Waals surface area contributed by atoms with Gasteiger partial charge in [-0.05, 0) is 48.7 Å². The summed E-state index contributed by atoms with van der Waals surface area (Å²) in [7, 11) is 3.90. The Bertz CT molecular complexity index is 1570. The highest BCUT2D eigenvalue weighted by Crippen LogP contribution is 2.44. The summed E-state index contributed by atoms with van der Waals surface area (Å²) in [5, 5.41) is 19.2. The van der Waals surface area contributed by atoms with Gasteiger partial charge in [0.15, 0.2) is 0 Å². The van der Waals surface area contributed by atoms with E-state index in [1.54, 1.807) is 4.57 Å². The minimum Gasteiger partial charge on any atom is -0.378 e.